The van der Waals surface area contributed by atoms with E-state index in [1.54, 1.807) is 17.0 Å². The number of rotatable bonds is 5. The zero-order chi connectivity index (χ0) is 22.7. The molecular formula is C24H23F3N4O. The van der Waals surface area contributed by atoms with Crippen molar-refractivity contribution < 1.29 is 18.0 Å². The van der Waals surface area contributed by atoms with Crippen molar-refractivity contribution in [2.45, 2.75) is 12.7 Å². The van der Waals surface area contributed by atoms with Crippen LogP contribution < -0.4 is 4.90 Å². The van der Waals surface area contributed by atoms with Gasteiger partial charge in [-0.05, 0) is 17.7 Å². The van der Waals surface area contributed by atoms with E-state index in [0.717, 1.165) is 11.1 Å². The number of amides is 1. The lowest BCUT2D eigenvalue weighted by Crippen LogP contribution is -2.41. The standard InChI is InChI=1S/C24H23F3N4O/c1-30(22-13-12-21(28-29-22)18-10-6-3-7-11-18)23(32)19-15-31(16-20(19)24(25,26)27)14-17-8-4-2-5-9-17/h2-13,19-20H,14-16H2,1H3/t19-,20+/m0/s1. The highest BCUT2D eigenvalue weighted by atomic mass is 19.4. The summed E-state index contributed by atoms with van der Waals surface area (Å²) in [6.07, 6.45) is -4.46. The van der Waals surface area contributed by atoms with Crippen LogP contribution in [0.4, 0.5) is 19.0 Å². The first-order valence-electron chi connectivity index (χ1n) is 10.3. The van der Waals surface area contributed by atoms with Crippen molar-refractivity contribution in [1.82, 2.24) is 15.1 Å². The molecule has 32 heavy (non-hydrogen) atoms. The Morgan fingerprint density at radius 3 is 2.22 bits per heavy atom. The molecule has 1 amide bonds. The summed E-state index contributed by atoms with van der Waals surface area (Å²) in [5.41, 5.74) is 2.40. The molecule has 0 N–H and O–H groups in total. The van der Waals surface area contributed by atoms with Crippen molar-refractivity contribution >= 4 is 11.7 Å². The second kappa shape index (κ2) is 9.08. The van der Waals surface area contributed by atoms with E-state index in [0.29, 0.717) is 12.2 Å². The van der Waals surface area contributed by atoms with Gasteiger partial charge in [-0.15, -0.1) is 10.2 Å². The fraction of sp³-hybridized carbons (Fsp3) is 0.292. The van der Waals surface area contributed by atoms with Crippen molar-refractivity contribution in [3.63, 3.8) is 0 Å². The Bertz CT molecular complexity index is 1040. The van der Waals surface area contributed by atoms with Crippen LogP contribution in [0.3, 0.4) is 0 Å². The topological polar surface area (TPSA) is 49.3 Å². The van der Waals surface area contributed by atoms with Crippen LogP contribution in [0, 0.1) is 11.8 Å². The lowest BCUT2D eigenvalue weighted by atomic mass is 9.94. The molecule has 5 nitrogen and oxygen atoms in total. The number of alkyl halides is 3. The number of hydrogen-bond acceptors (Lipinski definition) is 4. The van der Waals surface area contributed by atoms with E-state index in [1.165, 1.54) is 11.9 Å². The van der Waals surface area contributed by atoms with E-state index < -0.39 is 23.9 Å². The first kappa shape index (κ1) is 22.0. The average molecular weight is 440 g/mol. The first-order valence-corrected chi connectivity index (χ1v) is 10.3. The zero-order valence-corrected chi connectivity index (χ0v) is 17.5. The quantitative estimate of drug-likeness (QED) is 0.590. The summed E-state index contributed by atoms with van der Waals surface area (Å²) < 4.78 is 41.3. The van der Waals surface area contributed by atoms with Gasteiger partial charge in [0.2, 0.25) is 5.91 Å². The maximum atomic E-state index is 13.8. The molecule has 0 saturated carbocycles. The summed E-state index contributed by atoms with van der Waals surface area (Å²) in [6, 6.07) is 22.0. The molecule has 1 saturated heterocycles. The number of carbonyl (C=O) groups is 1. The van der Waals surface area contributed by atoms with E-state index in [9.17, 15) is 18.0 Å². The Morgan fingerprint density at radius 1 is 0.969 bits per heavy atom. The molecule has 0 unspecified atom stereocenters. The second-order valence-electron chi connectivity index (χ2n) is 7.97. The molecule has 2 heterocycles. The molecule has 0 aliphatic carbocycles. The molecule has 0 bridgehead atoms. The molecule has 2 atom stereocenters. The summed E-state index contributed by atoms with van der Waals surface area (Å²) in [7, 11) is 1.45. The number of nitrogens with zero attached hydrogens (tertiary/aromatic N) is 4. The summed E-state index contributed by atoms with van der Waals surface area (Å²) in [5, 5.41) is 8.22. The SMILES string of the molecule is CN(C(=O)[C@H]1CN(Cc2ccccc2)C[C@H]1C(F)(F)F)c1ccc(-c2ccccc2)nn1. The van der Waals surface area contributed by atoms with Gasteiger partial charge >= 0.3 is 6.18 Å². The van der Waals surface area contributed by atoms with E-state index in [-0.39, 0.29) is 18.9 Å². The van der Waals surface area contributed by atoms with E-state index in [2.05, 4.69) is 10.2 Å². The molecule has 1 fully saturated rings. The maximum Gasteiger partial charge on any atom is 0.393 e. The molecule has 2 aromatic carbocycles. The van der Waals surface area contributed by atoms with E-state index in [4.69, 9.17) is 0 Å². The fourth-order valence-electron chi connectivity index (χ4n) is 4.07. The van der Waals surface area contributed by atoms with Crippen LogP contribution >= 0.6 is 0 Å². The third kappa shape index (κ3) is 4.80. The highest BCUT2D eigenvalue weighted by Gasteiger charge is 2.53. The number of benzene rings is 2. The van der Waals surface area contributed by atoms with Crippen LogP contribution in [0.2, 0.25) is 0 Å². The van der Waals surface area contributed by atoms with Gasteiger partial charge in [-0.2, -0.15) is 13.2 Å². The van der Waals surface area contributed by atoms with E-state index in [1.807, 2.05) is 60.7 Å². The predicted octanol–water partition coefficient (Wildman–Crippen LogP) is 4.42. The molecule has 0 spiro atoms. The predicted molar refractivity (Wildman–Crippen MR) is 116 cm³/mol. The third-order valence-electron chi connectivity index (χ3n) is 5.78. The summed E-state index contributed by atoms with van der Waals surface area (Å²) in [4.78, 5) is 16.0. The Morgan fingerprint density at radius 2 is 1.62 bits per heavy atom. The van der Waals surface area contributed by atoms with Gasteiger partial charge in [-0.1, -0.05) is 60.7 Å². The van der Waals surface area contributed by atoms with Gasteiger partial charge < -0.3 is 0 Å². The Hall–Kier alpha value is -3.26. The monoisotopic (exact) mass is 440 g/mol. The van der Waals surface area contributed by atoms with Crippen molar-refractivity contribution in [3.8, 4) is 11.3 Å². The Balaban J connectivity index is 1.50. The lowest BCUT2D eigenvalue weighted by molar-refractivity contribution is -0.182. The third-order valence-corrected chi connectivity index (χ3v) is 5.78. The van der Waals surface area contributed by atoms with Crippen LogP contribution in [0.25, 0.3) is 11.3 Å². The van der Waals surface area contributed by atoms with Crippen molar-refractivity contribution in [1.29, 1.82) is 0 Å². The highest BCUT2D eigenvalue weighted by molar-refractivity contribution is 5.94. The van der Waals surface area contributed by atoms with E-state index >= 15 is 0 Å². The van der Waals surface area contributed by atoms with Gasteiger partial charge in [0.1, 0.15) is 0 Å². The Kier molecular flexibility index (Phi) is 6.23. The molecule has 8 heteroatoms. The maximum absolute atomic E-state index is 13.8. The molecule has 1 aliphatic heterocycles. The van der Waals surface area contributed by atoms with Crippen LogP contribution in [0.15, 0.2) is 72.8 Å². The number of likely N-dealkylation sites (tertiary alicyclic amines) is 1. The Labute approximate surface area is 184 Å². The molecule has 0 radical (unpaired) electrons. The number of aromatic nitrogens is 2. The summed E-state index contributed by atoms with van der Waals surface area (Å²) in [6.45, 7) is 0.200. The van der Waals surface area contributed by atoms with Crippen molar-refractivity contribution in [2.75, 3.05) is 25.0 Å². The van der Waals surface area contributed by atoms with Crippen LogP contribution in [0.5, 0.6) is 0 Å². The minimum absolute atomic E-state index is 0.0395. The fourth-order valence-corrected chi connectivity index (χ4v) is 4.07. The van der Waals surface area contributed by atoms with Gasteiger partial charge in [-0.25, -0.2) is 0 Å². The minimum atomic E-state index is -4.46. The number of hydrogen-bond donors (Lipinski definition) is 0. The molecule has 1 aromatic heterocycles. The normalized spacial score (nSPS) is 19.1. The molecule has 1 aliphatic rings. The average Bonchev–Trinajstić information content (AvgIpc) is 3.24. The van der Waals surface area contributed by atoms with Crippen molar-refractivity contribution in [3.05, 3.63) is 78.4 Å². The lowest BCUT2D eigenvalue weighted by Gasteiger charge is -2.25. The number of anilines is 1. The van der Waals surface area contributed by atoms with Gasteiger partial charge in [0.25, 0.3) is 0 Å². The second-order valence-corrected chi connectivity index (χ2v) is 7.97. The molecular weight excluding hydrogens is 417 g/mol. The molecule has 4 rings (SSSR count). The summed E-state index contributed by atoms with van der Waals surface area (Å²) in [5.74, 6) is -3.31. The van der Waals surface area contributed by atoms with Crippen LogP contribution in [0.1, 0.15) is 5.56 Å². The molecule has 3 aromatic rings. The first-order chi connectivity index (χ1) is 15.3. The zero-order valence-electron chi connectivity index (χ0n) is 17.5. The van der Waals surface area contributed by atoms with Crippen LogP contribution in [-0.2, 0) is 11.3 Å². The number of carbonyl (C=O) groups excluding carboxylic acids is 1. The van der Waals surface area contributed by atoms with Gasteiger partial charge in [0.05, 0.1) is 17.5 Å². The highest BCUT2D eigenvalue weighted by Crippen LogP contribution is 2.39. The van der Waals surface area contributed by atoms with Gasteiger partial charge in [-0.3, -0.25) is 14.6 Å². The van der Waals surface area contributed by atoms with Crippen LogP contribution in [-0.4, -0.2) is 47.3 Å². The number of halogens is 3. The summed E-state index contributed by atoms with van der Waals surface area (Å²) >= 11 is 0. The minimum Gasteiger partial charge on any atom is -0.298 e. The van der Waals surface area contributed by atoms with Crippen molar-refractivity contribution in [2.24, 2.45) is 11.8 Å². The van der Waals surface area contributed by atoms with Gasteiger partial charge in [0, 0.05) is 32.2 Å². The molecule has 166 valence electrons. The smallest absolute Gasteiger partial charge is 0.298 e. The van der Waals surface area contributed by atoms with Gasteiger partial charge in [0.15, 0.2) is 5.82 Å². The largest absolute Gasteiger partial charge is 0.393 e.